The largest absolute Gasteiger partial charge is 0.327 e. The van der Waals surface area contributed by atoms with Crippen molar-refractivity contribution in [1.29, 1.82) is 0 Å². The summed E-state index contributed by atoms with van der Waals surface area (Å²) in [5, 5.41) is 30.6. The van der Waals surface area contributed by atoms with Crippen molar-refractivity contribution >= 4 is 173 Å². The number of aromatic nitrogens is 8. The van der Waals surface area contributed by atoms with E-state index in [1.807, 2.05) is 36.4 Å². The van der Waals surface area contributed by atoms with Crippen molar-refractivity contribution < 1.29 is 0 Å². The summed E-state index contributed by atoms with van der Waals surface area (Å²) in [6, 6.07) is 187. The van der Waals surface area contributed by atoms with Crippen LogP contribution in [0.15, 0.2) is 522 Å². The average Bonchev–Trinajstić information content (AvgIpc) is 0.907. The monoisotopic (exact) mass is 1860 g/mol. The number of aryl methyl sites for hydroxylation is 2. The van der Waals surface area contributed by atoms with Gasteiger partial charge in [-0.1, -0.05) is 413 Å². The third-order valence-electron chi connectivity index (χ3n) is 29.5. The van der Waals surface area contributed by atoms with Crippen LogP contribution < -0.4 is 0 Å². The van der Waals surface area contributed by atoms with E-state index in [1.54, 1.807) is 0 Å². The second-order valence-electron chi connectivity index (χ2n) is 38.0. The van der Waals surface area contributed by atoms with Gasteiger partial charge in [-0.15, -0.1) is 0 Å². The van der Waals surface area contributed by atoms with Gasteiger partial charge in [-0.2, -0.15) is 0 Å². The van der Waals surface area contributed by atoms with E-state index in [0.717, 1.165) is 101 Å². The fourth-order valence-corrected chi connectivity index (χ4v) is 22.4. The third kappa shape index (κ3) is 15.2. The summed E-state index contributed by atoms with van der Waals surface area (Å²) in [6.45, 7) is 0. The van der Waals surface area contributed by atoms with Crippen LogP contribution in [0.5, 0.6) is 0 Å². The molecule has 4 heterocycles. The molecule has 8 nitrogen and oxygen atoms in total. The Morgan fingerprint density at radius 3 is 0.890 bits per heavy atom. The van der Waals surface area contributed by atoms with Crippen LogP contribution in [-0.2, 0) is 14.1 Å². The molecule has 0 aliphatic heterocycles. The predicted molar refractivity (Wildman–Crippen MR) is 617 cm³/mol. The Morgan fingerprint density at radius 2 is 0.445 bits per heavy atom. The Bertz CT molecular complexity index is 10400. The Hall–Kier alpha value is -19.3. The van der Waals surface area contributed by atoms with Crippen LogP contribution in [0, 0.1) is 0 Å². The molecule has 0 fully saturated rings. The number of rotatable bonds is 10. The first-order valence-electron chi connectivity index (χ1n) is 49.9. The Morgan fingerprint density at radius 1 is 0.144 bits per heavy atom. The lowest BCUT2D eigenvalue weighted by Crippen LogP contribution is -1.97. The average molecular weight is 1860 g/mol. The molecule has 0 spiro atoms. The van der Waals surface area contributed by atoms with Gasteiger partial charge in [0.1, 0.15) is 23.3 Å². The van der Waals surface area contributed by atoms with Gasteiger partial charge in [-0.05, 0) is 283 Å². The van der Waals surface area contributed by atoms with Gasteiger partial charge in [-0.25, -0.2) is 19.9 Å². The highest BCUT2D eigenvalue weighted by Gasteiger charge is 2.23. The maximum absolute atomic E-state index is 5.04. The van der Waals surface area contributed by atoms with Crippen molar-refractivity contribution in [3.63, 3.8) is 0 Å². The summed E-state index contributed by atoms with van der Waals surface area (Å²) >= 11 is 0. The number of imidazole rings is 4. The summed E-state index contributed by atoms with van der Waals surface area (Å²) in [6.07, 6.45) is 0. The normalized spacial score (nSPS) is 11.6. The van der Waals surface area contributed by atoms with E-state index in [0.29, 0.717) is 0 Å². The highest BCUT2D eigenvalue weighted by Crippen LogP contribution is 2.46. The molecule has 0 amide bonds. The zero-order valence-electron chi connectivity index (χ0n) is 80.2. The second kappa shape index (κ2) is 36.1. The predicted octanol–water partition coefficient (Wildman–Crippen LogP) is 36.4. The molecule has 0 bridgehead atoms. The summed E-state index contributed by atoms with van der Waals surface area (Å²) in [7, 11) is 4.18. The van der Waals surface area contributed by atoms with E-state index in [-0.39, 0.29) is 0 Å². The molecule has 0 aliphatic carbocycles. The van der Waals surface area contributed by atoms with Crippen molar-refractivity contribution in [2.75, 3.05) is 0 Å². The maximum Gasteiger partial charge on any atom is 0.145 e. The van der Waals surface area contributed by atoms with Crippen LogP contribution in [-0.4, -0.2) is 38.2 Å². The summed E-state index contributed by atoms with van der Waals surface area (Å²) < 4.78 is 8.89. The SMILES string of the molecule is Cn1c(-c2ccccc2)nc2cc(-c3c4ccccc4cc4c3ccc3ccccc34)ccc21.Cn1c(-c2ccccc2)nc2cc(-c3cccc4c3ccc3cc5ccccc5cc34)ccc21.c1ccc(-c2nc3ccccc3n2-c2ccc(-c3c4ccccc4cc4c3ccc3ccccc34)cc2)cc1.c1ccc(-c2nc3ccccc3n2-c2ccc(-c3cccc4c3ccc3cc5ccccc5cc34)cc2)cc1. The number of para-hydroxylation sites is 4. The first-order chi connectivity index (χ1) is 72.2. The fourth-order valence-electron chi connectivity index (χ4n) is 22.4. The minimum Gasteiger partial charge on any atom is -0.327 e. The van der Waals surface area contributed by atoms with Gasteiger partial charge in [0, 0.05) is 47.7 Å². The molecule has 30 aromatic rings. The van der Waals surface area contributed by atoms with E-state index in [2.05, 4.69) is 518 Å². The molecule has 0 saturated carbocycles. The molecule has 0 radical (unpaired) electrons. The Labute approximate surface area is 842 Å². The van der Waals surface area contributed by atoms with Crippen molar-refractivity contribution in [2.24, 2.45) is 14.1 Å². The van der Waals surface area contributed by atoms with Crippen molar-refractivity contribution in [1.82, 2.24) is 38.2 Å². The number of hydrogen-bond acceptors (Lipinski definition) is 4. The molecule has 684 valence electrons. The van der Waals surface area contributed by atoms with Gasteiger partial charge in [-0.3, -0.25) is 9.13 Å². The van der Waals surface area contributed by atoms with Crippen LogP contribution in [0.25, 0.3) is 275 Å². The highest BCUT2D eigenvalue weighted by atomic mass is 15.1. The number of benzene rings is 26. The number of fused-ring (bicyclic) bond motifs is 20. The minimum atomic E-state index is 0.951. The van der Waals surface area contributed by atoms with Crippen molar-refractivity contribution in [2.45, 2.75) is 0 Å². The van der Waals surface area contributed by atoms with Gasteiger partial charge in [0.15, 0.2) is 0 Å². The zero-order chi connectivity index (χ0) is 96.8. The molecule has 0 N–H and O–H groups in total. The van der Waals surface area contributed by atoms with E-state index >= 15 is 0 Å². The Kier molecular flexibility index (Phi) is 21.2. The molecule has 146 heavy (non-hydrogen) atoms. The maximum atomic E-state index is 5.04. The van der Waals surface area contributed by atoms with Crippen molar-refractivity contribution in [3.05, 3.63) is 522 Å². The lowest BCUT2D eigenvalue weighted by atomic mass is 9.90. The molecule has 0 atom stereocenters. The Balaban J connectivity index is 0.0000000967. The number of nitrogens with zero attached hydrogens (tertiary/aromatic N) is 8. The van der Waals surface area contributed by atoms with E-state index in [1.165, 1.54) is 174 Å². The molecular weight excluding hydrogens is 1770 g/mol. The van der Waals surface area contributed by atoms with Crippen LogP contribution in [0.1, 0.15) is 0 Å². The van der Waals surface area contributed by atoms with Gasteiger partial charge in [0.2, 0.25) is 0 Å². The minimum absolute atomic E-state index is 0.951. The summed E-state index contributed by atoms with van der Waals surface area (Å²) in [4.78, 5) is 20.0. The van der Waals surface area contributed by atoms with Gasteiger partial charge < -0.3 is 9.13 Å². The van der Waals surface area contributed by atoms with Gasteiger partial charge >= 0.3 is 0 Å². The summed E-state index contributed by atoms with van der Waals surface area (Å²) in [5.41, 5.74) is 25.0. The van der Waals surface area contributed by atoms with E-state index < -0.39 is 0 Å². The van der Waals surface area contributed by atoms with Crippen LogP contribution in [0.2, 0.25) is 0 Å². The second-order valence-corrected chi connectivity index (χ2v) is 38.0. The van der Waals surface area contributed by atoms with Crippen molar-refractivity contribution in [3.8, 4) is 101 Å². The summed E-state index contributed by atoms with van der Waals surface area (Å²) in [5.74, 6) is 3.88. The molecule has 0 saturated heterocycles. The molecular formula is C138H92N8. The lowest BCUT2D eigenvalue weighted by Gasteiger charge is -2.15. The van der Waals surface area contributed by atoms with E-state index in [4.69, 9.17) is 19.9 Å². The quantitative estimate of drug-likeness (QED) is 0.101. The third-order valence-corrected chi connectivity index (χ3v) is 29.5. The zero-order valence-corrected chi connectivity index (χ0v) is 80.2. The molecule has 26 aromatic carbocycles. The van der Waals surface area contributed by atoms with Crippen LogP contribution in [0.4, 0.5) is 0 Å². The first-order valence-corrected chi connectivity index (χ1v) is 49.9. The van der Waals surface area contributed by atoms with Crippen LogP contribution >= 0.6 is 0 Å². The van der Waals surface area contributed by atoms with E-state index in [9.17, 15) is 0 Å². The number of hydrogen-bond donors (Lipinski definition) is 0. The molecule has 0 aliphatic rings. The molecule has 30 rings (SSSR count). The fraction of sp³-hybridized carbons (Fsp3) is 0.0145. The van der Waals surface area contributed by atoms with Gasteiger partial charge in [0.05, 0.1) is 44.1 Å². The highest BCUT2D eigenvalue weighted by molar-refractivity contribution is 6.23. The molecule has 8 heteroatoms. The lowest BCUT2D eigenvalue weighted by molar-refractivity contribution is 0.959. The molecule has 0 unspecified atom stereocenters. The standard InChI is InChI=1S/2C37H24N2.2C32H22N2/c1-2-11-27(12-3-1)37-38-34-16-8-9-17-35(34)39(37)29-21-18-26(19-22-29)36-31-15-7-5-13-28(31)24-33-30-14-6-4-10-25(30)20-23-32(33)36;1-2-9-26(10-3-1)37-38-35-15-6-7-16-36(35)39(37)30-20-17-25(18-21-30)31-13-8-14-32-33(31)22-19-29-23-27-11-4-5-12-28(27)24-34(29)32;1-34-30-18-16-24(20-29(30)33-32(34)22-10-3-2-4-11-22)31-26-14-8-6-12-23(26)19-28-25-13-7-5-9-21(25)15-17-27(28)31;1-34-31-17-15-25(20-30(31)33-32(34)21-8-3-2-4-9-21)26-12-7-13-27-28(26)16-14-24-18-22-10-5-6-11-23(22)19-29(24)27/h2*1-24H;2*2-20H,1H3. The van der Waals surface area contributed by atoms with Gasteiger partial charge in [0.25, 0.3) is 0 Å². The topological polar surface area (TPSA) is 71.3 Å². The van der Waals surface area contributed by atoms with Crippen LogP contribution in [0.3, 0.4) is 0 Å². The molecule has 4 aromatic heterocycles. The smallest absolute Gasteiger partial charge is 0.145 e. The first kappa shape index (κ1) is 85.9.